The molecule has 7 N–H and O–H groups in total. The van der Waals surface area contributed by atoms with Crippen molar-refractivity contribution < 1.29 is 30.1 Å². The average molecular weight is 286 g/mol. The van der Waals surface area contributed by atoms with Crippen molar-refractivity contribution >= 4 is 18.1 Å². The van der Waals surface area contributed by atoms with E-state index in [4.69, 9.17) is 26.9 Å². The van der Waals surface area contributed by atoms with Crippen LogP contribution in [0.2, 0.25) is 0 Å². The number of hydrogen-bond donors (Lipinski definition) is 7. The third-order valence-electron chi connectivity index (χ3n) is 2.63. The Bertz CT molecular complexity index is 461. The Morgan fingerprint density at radius 1 is 1.60 bits per heavy atom. The first-order valence-corrected chi connectivity index (χ1v) is 5.38. The first kappa shape index (κ1) is 15.9. The molecular weight excluding hydrogens is 272 g/mol. The predicted octanol–water partition coefficient (Wildman–Crippen LogP) is -3.47. The van der Waals surface area contributed by atoms with Crippen LogP contribution in [0.4, 0.5) is 0 Å². The number of ether oxygens (including phenoxy) is 1. The number of aliphatic hydroxyl groups excluding tert-OH is 3. The van der Waals surface area contributed by atoms with E-state index in [0.717, 1.165) is 0 Å². The molecule has 0 saturated carbocycles. The van der Waals surface area contributed by atoms with Gasteiger partial charge in [-0.3, -0.25) is 10.1 Å². The molecule has 0 unspecified atom stereocenters. The van der Waals surface area contributed by atoms with Crippen LogP contribution in [0.15, 0.2) is 5.16 Å². The van der Waals surface area contributed by atoms with E-state index < -0.39 is 42.5 Å². The standard InChI is InChI=1S/C10H14N4O6/c1-2-10(8(18)7(17)5(4-15)20-10)13-9(14-19)12-6(16)3-11/h1,3,5,7-8,11,15,17-19H,4H2,(H2,12,13,14,16)/t5-,7-,8-,10-/m1/s1. The number of oxime groups is 1. The first-order chi connectivity index (χ1) is 9.43. The van der Waals surface area contributed by atoms with Gasteiger partial charge in [0.1, 0.15) is 18.3 Å². The molecule has 1 heterocycles. The van der Waals surface area contributed by atoms with Gasteiger partial charge in [-0.1, -0.05) is 5.16 Å². The van der Waals surface area contributed by atoms with Crippen molar-refractivity contribution in [3.05, 3.63) is 0 Å². The Balaban J connectivity index is 2.94. The molecule has 0 radical (unpaired) electrons. The molecule has 110 valence electrons. The number of guanidine groups is 1. The lowest BCUT2D eigenvalue weighted by Crippen LogP contribution is -2.59. The zero-order valence-electron chi connectivity index (χ0n) is 10.1. The summed E-state index contributed by atoms with van der Waals surface area (Å²) >= 11 is 0. The number of nitrogens with one attached hydrogen (secondary N) is 3. The maximum atomic E-state index is 11.0. The van der Waals surface area contributed by atoms with Crippen LogP contribution in [0.5, 0.6) is 0 Å². The molecule has 1 rings (SSSR count). The quantitative estimate of drug-likeness (QED) is 0.0929. The molecule has 1 amide bonds. The van der Waals surface area contributed by atoms with Crippen molar-refractivity contribution in [2.75, 3.05) is 6.61 Å². The number of amides is 1. The Kier molecular flexibility index (Phi) is 5.00. The summed E-state index contributed by atoms with van der Waals surface area (Å²) in [5.41, 5.74) is -2.01. The molecule has 10 nitrogen and oxygen atoms in total. The second-order valence-corrected chi connectivity index (χ2v) is 3.86. The SMILES string of the molecule is C#C[C@@]1(N/C(=N/O)NC(=O)C=N)O[C@H](CO)[C@@H](O)[C@H]1O. The zero-order valence-corrected chi connectivity index (χ0v) is 10.1. The van der Waals surface area contributed by atoms with E-state index in [-0.39, 0.29) is 0 Å². The molecule has 0 spiro atoms. The lowest BCUT2D eigenvalue weighted by Gasteiger charge is -2.28. The van der Waals surface area contributed by atoms with Crippen LogP contribution >= 0.6 is 0 Å². The maximum Gasteiger partial charge on any atom is 0.268 e. The Hall–Kier alpha value is -2.19. The second kappa shape index (κ2) is 6.31. The predicted molar refractivity (Wildman–Crippen MR) is 64.8 cm³/mol. The highest BCUT2D eigenvalue weighted by molar-refractivity contribution is 6.28. The molecule has 1 aliphatic rings. The van der Waals surface area contributed by atoms with Crippen LogP contribution in [0.3, 0.4) is 0 Å². The van der Waals surface area contributed by atoms with E-state index in [1.165, 1.54) is 0 Å². The van der Waals surface area contributed by atoms with Gasteiger partial charge in [-0.25, -0.2) is 0 Å². The number of carbonyl (C=O) groups excluding carboxylic acids is 1. The lowest BCUT2D eigenvalue weighted by molar-refractivity contribution is -0.113. The monoisotopic (exact) mass is 286 g/mol. The number of nitrogens with zero attached hydrogens (tertiary/aromatic N) is 1. The van der Waals surface area contributed by atoms with Gasteiger partial charge >= 0.3 is 0 Å². The summed E-state index contributed by atoms with van der Waals surface area (Å²) in [6, 6.07) is 0. The summed E-state index contributed by atoms with van der Waals surface area (Å²) in [4.78, 5) is 11.0. The highest BCUT2D eigenvalue weighted by atomic mass is 16.6. The van der Waals surface area contributed by atoms with Crippen LogP contribution in [-0.2, 0) is 9.53 Å². The van der Waals surface area contributed by atoms with E-state index in [1.807, 2.05) is 11.2 Å². The van der Waals surface area contributed by atoms with Gasteiger partial charge in [-0.2, -0.15) is 0 Å². The second-order valence-electron chi connectivity index (χ2n) is 3.86. The molecule has 10 heteroatoms. The van der Waals surface area contributed by atoms with E-state index in [1.54, 1.807) is 0 Å². The molecule has 1 fully saturated rings. The van der Waals surface area contributed by atoms with E-state index >= 15 is 0 Å². The number of terminal acetylenes is 1. The van der Waals surface area contributed by atoms with Crippen molar-refractivity contribution in [3.63, 3.8) is 0 Å². The number of hydrogen-bond acceptors (Lipinski definition) is 8. The van der Waals surface area contributed by atoms with Gasteiger partial charge in [-0.15, -0.1) is 6.42 Å². The summed E-state index contributed by atoms with van der Waals surface area (Å²) in [6.45, 7) is -0.609. The van der Waals surface area contributed by atoms with E-state index in [9.17, 15) is 15.0 Å². The highest BCUT2D eigenvalue weighted by Crippen LogP contribution is 2.28. The maximum absolute atomic E-state index is 11.0. The summed E-state index contributed by atoms with van der Waals surface area (Å²) in [6.07, 6.45) is 1.33. The van der Waals surface area contributed by atoms with Crippen molar-refractivity contribution in [3.8, 4) is 12.3 Å². The summed E-state index contributed by atoms with van der Waals surface area (Å²) in [5.74, 6) is 0.501. The highest BCUT2D eigenvalue weighted by Gasteiger charge is 2.54. The van der Waals surface area contributed by atoms with Gasteiger partial charge in [0.2, 0.25) is 11.7 Å². The van der Waals surface area contributed by atoms with Crippen LogP contribution < -0.4 is 10.6 Å². The van der Waals surface area contributed by atoms with E-state index in [0.29, 0.717) is 6.21 Å². The minimum Gasteiger partial charge on any atom is -0.408 e. The fourth-order valence-corrected chi connectivity index (χ4v) is 1.64. The van der Waals surface area contributed by atoms with Gasteiger partial charge < -0.3 is 36.0 Å². The van der Waals surface area contributed by atoms with E-state index in [2.05, 4.69) is 10.5 Å². The third kappa shape index (κ3) is 2.86. The van der Waals surface area contributed by atoms with Gasteiger partial charge in [0.05, 0.1) is 12.8 Å². The minimum atomic E-state index is -2.01. The lowest BCUT2D eigenvalue weighted by atomic mass is 10.0. The molecule has 1 saturated heterocycles. The molecule has 0 bridgehead atoms. The minimum absolute atomic E-state index is 0.409. The number of carbonyl (C=O) groups is 1. The van der Waals surface area contributed by atoms with Crippen LogP contribution in [-0.4, -0.2) is 69.3 Å². The molecule has 20 heavy (non-hydrogen) atoms. The molecular formula is C10H14N4O6. The van der Waals surface area contributed by atoms with Crippen molar-refractivity contribution in [2.24, 2.45) is 5.16 Å². The van der Waals surface area contributed by atoms with Crippen molar-refractivity contribution in [1.82, 2.24) is 10.6 Å². The largest absolute Gasteiger partial charge is 0.408 e. The first-order valence-electron chi connectivity index (χ1n) is 5.38. The smallest absolute Gasteiger partial charge is 0.268 e. The molecule has 0 aromatic carbocycles. The third-order valence-corrected chi connectivity index (χ3v) is 2.63. The molecule has 0 aliphatic carbocycles. The van der Waals surface area contributed by atoms with Gasteiger partial charge in [0.15, 0.2) is 0 Å². The molecule has 4 atom stereocenters. The Morgan fingerprint density at radius 3 is 2.65 bits per heavy atom. The van der Waals surface area contributed by atoms with Crippen molar-refractivity contribution in [2.45, 2.75) is 24.0 Å². The van der Waals surface area contributed by atoms with Gasteiger partial charge in [0, 0.05) is 0 Å². The summed E-state index contributed by atoms with van der Waals surface area (Å²) in [7, 11) is 0. The van der Waals surface area contributed by atoms with Crippen LogP contribution in [0, 0.1) is 17.8 Å². The zero-order chi connectivity index (χ0) is 15.3. The molecule has 1 aliphatic heterocycles. The number of aliphatic hydroxyl groups is 3. The summed E-state index contributed by atoms with van der Waals surface area (Å²) < 4.78 is 5.12. The summed E-state index contributed by atoms with van der Waals surface area (Å²) in [5, 5.41) is 50.8. The topological polar surface area (TPSA) is 167 Å². The molecule has 0 aromatic heterocycles. The fourth-order valence-electron chi connectivity index (χ4n) is 1.64. The average Bonchev–Trinajstić information content (AvgIpc) is 2.71. The van der Waals surface area contributed by atoms with Crippen molar-refractivity contribution in [1.29, 1.82) is 5.41 Å². The van der Waals surface area contributed by atoms with Crippen LogP contribution in [0.25, 0.3) is 0 Å². The fraction of sp³-hybridized carbons (Fsp3) is 0.500. The normalized spacial score (nSPS) is 33.3. The Morgan fingerprint density at radius 2 is 2.25 bits per heavy atom. The van der Waals surface area contributed by atoms with Gasteiger partial charge in [0.25, 0.3) is 5.91 Å². The Labute approximate surface area is 113 Å². The number of rotatable bonds is 3. The molecule has 0 aromatic rings. The van der Waals surface area contributed by atoms with Crippen LogP contribution in [0.1, 0.15) is 0 Å². The van der Waals surface area contributed by atoms with Gasteiger partial charge in [-0.05, 0) is 5.92 Å².